The van der Waals surface area contributed by atoms with Crippen molar-refractivity contribution in [2.75, 3.05) is 19.8 Å². The van der Waals surface area contributed by atoms with E-state index in [9.17, 15) is 34.2 Å². The van der Waals surface area contributed by atoms with Crippen LogP contribution in [0.15, 0.2) is 48.6 Å². The van der Waals surface area contributed by atoms with Crippen LogP contribution in [0.4, 0.5) is 0 Å². The van der Waals surface area contributed by atoms with Crippen LogP contribution in [0.2, 0.25) is 0 Å². The van der Waals surface area contributed by atoms with Gasteiger partial charge >= 0.3 is 29.8 Å². The number of aliphatic carboxylic acids is 1. The van der Waals surface area contributed by atoms with Crippen molar-refractivity contribution < 1.29 is 63.7 Å². The van der Waals surface area contributed by atoms with Crippen LogP contribution in [0.5, 0.6) is 0 Å². The highest BCUT2D eigenvalue weighted by Crippen LogP contribution is 2.21. The van der Waals surface area contributed by atoms with Gasteiger partial charge in [0.1, 0.15) is 11.7 Å². The molecule has 13 nitrogen and oxygen atoms in total. The quantitative estimate of drug-likeness (QED) is 0.161. The Bertz CT molecular complexity index is 946. The number of ether oxygens (including phenoxy) is 3. The van der Waals surface area contributed by atoms with E-state index in [0.29, 0.717) is 17.2 Å². The minimum atomic E-state index is -2.04. The number of carbonyl (C=O) groups excluding carboxylic acids is 4. The molecule has 2 heterocycles. The minimum absolute atomic E-state index is 0.152. The highest BCUT2D eigenvalue weighted by atomic mass is 16.6. The average molecular weight is 496 g/mol. The van der Waals surface area contributed by atoms with Gasteiger partial charge < -0.3 is 39.7 Å². The third-order valence-corrected chi connectivity index (χ3v) is 4.36. The molecule has 2 aliphatic rings. The Morgan fingerprint density at radius 3 is 1.89 bits per heavy atom. The van der Waals surface area contributed by atoms with E-state index < -0.39 is 54.3 Å². The second-order valence-corrected chi connectivity index (χ2v) is 6.80. The van der Waals surface area contributed by atoms with E-state index in [1.54, 1.807) is 24.3 Å². The Kier molecular flexibility index (Phi) is 11.6. The number of hydrogen-bond acceptors (Lipinski definition) is 12. The van der Waals surface area contributed by atoms with E-state index in [4.69, 9.17) is 20.1 Å². The molecule has 0 saturated heterocycles. The molecule has 0 fully saturated rings. The molecule has 190 valence electrons. The fourth-order valence-corrected chi connectivity index (χ4v) is 2.58. The van der Waals surface area contributed by atoms with Gasteiger partial charge in [0.15, 0.2) is 0 Å². The van der Waals surface area contributed by atoms with Crippen molar-refractivity contribution in [1.82, 2.24) is 0 Å². The summed E-state index contributed by atoms with van der Waals surface area (Å²) in [4.78, 5) is 51.9. The van der Waals surface area contributed by atoms with Gasteiger partial charge in [-0.3, -0.25) is 0 Å². The van der Waals surface area contributed by atoms with E-state index in [1.165, 1.54) is 6.92 Å². The van der Waals surface area contributed by atoms with Crippen molar-refractivity contribution in [2.24, 2.45) is 0 Å². The number of carboxylic acids is 1. The van der Waals surface area contributed by atoms with E-state index in [0.717, 1.165) is 18.2 Å². The lowest BCUT2D eigenvalue weighted by Gasteiger charge is -2.34. The van der Waals surface area contributed by atoms with E-state index in [1.807, 2.05) is 0 Å². The Balaban J connectivity index is 0.000000287. The molecule has 0 bridgehead atoms. The molecule has 5 N–H and O–H groups in total. The van der Waals surface area contributed by atoms with Crippen LogP contribution >= 0.6 is 0 Å². The zero-order valence-corrected chi connectivity index (χ0v) is 18.4. The Hall–Kier alpha value is -3.75. The van der Waals surface area contributed by atoms with E-state index in [2.05, 4.69) is 9.47 Å². The lowest BCUT2D eigenvalue weighted by Crippen LogP contribution is -2.52. The SMILES string of the molecule is CC(O)C(O)(C=CC(=O)O)C(CO)OCCO.O=C1C=CC(=O)O1.O=C1OC(=O)c2ccccc21. The zero-order chi connectivity index (χ0) is 26.6. The first-order valence-corrected chi connectivity index (χ1v) is 9.91. The molecule has 3 atom stereocenters. The zero-order valence-electron chi connectivity index (χ0n) is 18.4. The molecule has 0 saturated carbocycles. The summed E-state index contributed by atoms with van der Waals surface area (Å²) in [6.07, 6.45) is 1.08. The molecule has 0 radical (unpaired) electrons. The summed E-state index contributed by atoms with van der Waals surface area (Å²) in [5.74, 6) is -3.56. The predicted octanol–water partition coefficient (Wildman–Crippen LogP) is -1.27. The van der Waals surface area contributed by atoms with Crippen molar-refractivity contribution in [2.45, 2.75) is 24.7 Å². The lowest BCUT2D eigenvalue weighted by molar-refractivity contribution is -0.150. The lowest BCUT2D eigenvalue weighted by atomic mass is 9.90. The van der Waals surface area contributed by atoms with Gasteiger partial charge in [-0.2, -0.15) is 0 Å². The molecule has 13 heteroatoms. The number of esters is 4. The van der Waals surface area contributed by atoms with E-state index in [-0.39, 0.29) is 13.2 Å². The second-order valence-electron chi connectivity index (χ2n) is 6.80. The van der Waals surface area contributed by atoms with Crippen molar-refractivity contribution >= 4 is 29.8 Å². The van der Waals surface area contributed by atoms with Gasteiger partial charge in [-0.15, -0.1) is 0 Å². The van der Waals surface area contributed by atoms with E-state index >= 15 is 0 Å². The second kappa shape index (κ2) is 13.8. The maximum absolute atomic E-state index is 10.8. The van der Waals surface area contributed by atoms with Gasteiger partial charge in [0.05, 0.1) is 37.1 Å². The van der Waals surface area contributed by atoms with Crippen molar-refractivity contribution in [3.63, 3.8) is 0 Å². The van der Waals surface area contributed by atoms with Gasteiger partial charge in [-0.05, 0) is 25.1 Å². The fourth-order valence-electron chi connectivity index (χ4n) is 2.58. The maximum atomic E-state index is 10.8. The molecule has 3 unspecified atom stereocenters. The molecule has 2 aliphatic heterocycles. The minimum Gasteiger partial charge on any atom is -0.478 e. The number of aliphatic hydroxyl groups is 4. The number of fused-ring (bicyclic) bond motifs is 1. The molecule has 1 aromatic rings. The first-order chi connectivity index (χ1) is 16.5. The highest BCUT2D eigenvalue weighted by molar-refractivity contribution is 6.14. The summed E-state index contributed by atoms with van der Waals surface area (Å²) >= 11 is 0. The molecule has 0 amide bonds. The maximum Gasteiger partial charge on any atom is 0.346 e. The van der Waals surface area contributed by atoms with Crippen LogP contribution in [-0.2, 0) is 28.6 Å². The van der Waals surface area contributed by atoms with Crippen LogP contribution in [0, 0.1) is 0 Å². The van der Waals surface area contributed by atoms with Crippen LogP contribution < -0.4 is 0 Å². The molecule has 1 aromatic carbocycles. The van der Waals surface area contributed by atoms with Crippen LogP contribution in [0.3, 0.4) is 0 Å². The number of carbonyl (C=O) groups is 5. The Morgan fingerprint density at radius 1 is 1.03 bits per heavy atom. The van der Waals surface area contributed by atoms with Gasteiger partial charge in [0.2, 0.25) is 0 Å². The number of hydrogen-bond donors (Lipinski definition) is 5. The predicted molar refractivity (Wildman–Crippen MR) is 114 cm³/mol. The molecular formula is C22H24O13. The van der Waals surface area contributed by atoms with Gasteiger partial charge in [-0.25, -0.2) is 24.0 Å². The number of rotatable bonds is 8. The monoisotopic (exact) mass is 496 g/mol. The summed E-state index contributed by atoms with van der Waals surface area (Å²) < 4.78 is 13.3. The number of cyclic esters (lactones) is 4. The molecule has 0 aliphatic carbocycles. The Labute approximate surface area is 198 Å². The van der Waals surface area contributed by atoms with Crippen LogP contribution in [-0.4, -0.2) is 93.0 Å². The fraction of sp³-hybridized carbons (Fsp3) is 0.318. The summed E-state index contributed by atoms with van der Waals surface area (Å²) in [6, 6.07) is 6.53. The van der Waals surface area contributed by atoms with Crippen molar-refractivity contribution in [3.8, 4) is 0 Å². The summed E-state index contributed by atoms with van der Waals surface area (Å²) in [5, 5.41) is 45.6. The normalized spacial score (nSPS) is 17.3. The third-order valence-electron chi connectivity index (χ3n) is 4.36. The first kappa shape index (κ1) is 29.3. The van der Waals surface area contributed by atoms with Gasteiger partial charge in [0.25, 0.3) is 0 Å². The first-order valence-electron chi connectivity index (χ1n) is 9.91. The number of benzene rings is 1. The number of aliphatic hydroxyl groups excluding tert-OH is 3. The molecule has 35 heavy (non-hydrogen) atoms. The summed E-state index contributed by atoms with van der Waals surface area (Å²) in [7, 11) is 0. The topological polar surface area (TPSA) is 214 Å². The Morgan fingerprint density at radius 2 is 1.54 bits per heavy atom. The van der Waals surface area contributed by atoms with Gasteiger partial charge in [-0.1, -0.05) is 12.1 Å². The highest BCUT2D eigenvalue weighted by Gasteiger charge is 2.39. The van der Waals surface area contributed by atoms with Crippen molar-refractivity contribution in [3.05, 3.63) is 59.7 Å². The molecular weight excluding hydrogens is 472 g/mol. The number of carboxylic acid groups (broad SMARTS) is 1. The third kappa shape index (κ3) is 8.84. The summed E-state index contributed by atoms with van der Waals surface area (Å²) in [6.45, 7) is 0.124. The summed E-state index contributed by atoms with van der Waals surface area (Å²) in [5.41, 5.74) is -1.32. The molecule has 0 spiro atoms. The van der Waals surface area contributed by atoms with Crippen molar-refractivity contribution in [1.29, 1.82) is 0 Å². The molecule has 0 aromatic heterocycles. The van der Waals surface area contributed by atoms with Crippen LogP contribution in [0.25, 0.3) is 0 Å². The van der Waals surface area contributed by atoms with Crippen LogP contribution in [0.1, 0.15) is 27.6 Å². The smallest absolute Gasteiger partial charge is 0.346 e. The molecule has 3 rings (SSSR count). The average Bonchev–Trinajstić information content (AvgIpc) is 3.34. The largest absolute Gasteiger partial charge is 0.478 e. The standard InChI is InChI=1S/C10H18O7.C8H4O3.C4H2O3/c1-7(13)10(16,3-2-9(14)15)8(6-12)17-5-4-11;9-7-5-3-1-2-4-6(5)8(10)11-7;5-3-1-2-4(6)7-3/h2-3,7-8,11-13,16H,4-6H2,1H3,(H,14,15);1-4H;1-2H. The van der Waals surface area contributed by atoms with Gasteiger partial charge in [0, 0.05) is 18.2 Å².